The molecule has 0 unspecified atom stereocenters. The van der Waals surface area contributed by atoms with Crippen molar-refractivity contribution in [1.29, 1.82) is 0 Å². The third-order valence-electron chi connectivity index (χ3n) is 1.37. The Morgan fingerprint density at radius 3 is 2.57 bits per heavy atom. The molecule has 4 nitrogen and oxygen atoms in total. The summed E-state index contributed by atoms with van der Waals surface area (Å²) in [5, 5.41) is 0.209. The van der Waals surface area contributed by atoms with Gasteiger partial charge in [-0.1, -0.05) is 11.6 Å². The lowest BCUT2D eigenvalue weighted by atomic mass is 10.4. The van der Waals surface area contributed by atoms with Crippen LogP contribution in [0.15, 0.2) is 6.07 Å². The Labute approximate surface area is 90.6 Å². The van der Waals surface area contributed by atoms with Crippen LogP contribution in [0.2, 0.25) is 5.02 Å². The number of primary amides is 1. The van der Waals surface area contributed by atoms with Crippen molar-refractivity contribution in [3.05, 3.63) is 20.8 Å². The number of nitrogens with two attached hydrogens (primary N) is 1. The molecule has 1 aromatic heterocycles. The summed E-state index contributed by atoms with van der Waals surface area (Å²) in [5.41, 5.74) is 5.03. The highest BCUT2D eigenvalue weighted by molar-refractivity contribution is 7.90. The molecule has 2 N–H and O–H groups in total. The first-order valence-electron chi connectivity index (χ1n) is 3.55. The van der Waals surface area contributed by atoms with Crippen LogP contribution >= 0.6 is 22.9 Å². The third kappa shape index (κ3) is 2.97. The van der Waals surface area contributed by atoms with Gasteiger partial charge in [-0.2, -0.15) is 0 Å². The van der Waals surface area contributed by atoms with Crippen molar-refractivity contribution in [1.82, 2.24) is 0 Å². The van der Waals surface area contributed by atoms with Crippen molar-refractivity contribution in [3.8, 4) is 0 Å². The molecule has 78 valence electrons. The zero-order valence-corrected chi connectivity index (χ0v) is 9.67. The van der Waals surface area contributed by atoms with E-state index in [-0.39, 0.29) is 15.7 Å². The number of carbonyl (C=O) groups is 1. The second-order valence-corrected chi connectivity index (χ2v) is 6.51. The summed E-state index contributed by atoms with van der Waals surface area (Å²) in [6.45, 7) is 0. The lowest BCUT2D eigenvalue weighted by molar-refractivity contribution is 0.100. The van der Waals surface area contributed by atoms with E-state index in [0.29, 0.717) is 4.88 Å². The van der Waals surface area contributed by atoms with Gasteiger partial charge in [0.15, 0.2) is 9.84 Å². The predicted molar refractivity (Wildman–Crippen MR) is 56.4 cm³/mol. The van der Waals surface area contributed by atoms with Gasteiger partial charge < -0.3 is 5.73 Å². The maximum absolute atomic E-state index is 10.9. The summed E-state index contributed by atoms with van der Waals surface area (Å²) in [4.78, 5) is 11.5. The molecule has 0 saturated carbocycles. The van der Waals surface area contributed by atoms with Gasteiger partial charge in [0.2, 0.25) is 0 Å². The first-order chi connectivity index (χ1) is 6.29. The van der Waals surface area contributed by atoms with Crippen LogP contribution in [0.1, 0.15) is 14.5 Å². The quantitative estimate of drug-likeness (QED) is 0.875. The van der Waals surface area contributed by atoms with Crippen molar-refractivity contribution >= 4 is 38.7 Å². The molecule has 0 spiro atoms. The standard InChI is InChI=1S/C7H8ClNO3S2/c1-14(11,12)3-4-2-5(8)6(13-4)7(9)10/h2H,3H2,1H3,(H2,9,10). The van der Waals surface area contributed by atoms with Crippen molar-refractivity contribution in [2.75, 3.05) is 6.26 Å². The van der Waals surface area contributed by atoms with Crippen molar-refractivity contribution < 1.29 is 13.2 Å². The number of halogens is 1. The van der Waals surface area contributed by atoms with E-state index in [9.17, 15) is 13.2 Å². The molecule has 7 heteroatoms. The highest BCUT2D eigenvalue weighted by Crippen LogP contribution is 2.27. The zero-order chi connectivity index (χ0) is 10.9. The molecule has 14 heavy (non-hydrogen) atoms. The van der Waals surface area contributed by atoms with Crippen LogP contribution in [0.5, 0.6) is 0 Å². The van der Waals surface area contributed by atoms with Gasteiger partial charge >= 0.3 is 0 Å². The van der Waals surface area contributed by atoms with Crippen LogP contribution in [0.4, 0.5) is 0 Å². The van der Waals surface area contributed by atoms with Crippen molar-refractivity contribution in [2.45, 2.75) is 5.75 Å². The Morgan fingerprint density at radius 2 is 2.21 bits per heavy atom. The SMILES string of the molecule is CS(=O)(=O)Cc1cc(Cl)c(C(N)=O)s1. The minimum absolute atomic E-state index is 0.120. The van der Waals surface area contributed by atoms with Gasteiger partial charge in [-0.15, -0.1) is 11.3 Å². The Bertz CT molecular complexity index is 463. The summed E-state index contributed by atoms with van der Waals surface area (Å²) < 4.78 is 21.9. The molecule has 0 bridgehead atoms. The Morgan fingerprint density at radius 1 is 1.64 bits per heavy atom. The summed E-state index contributed by atoms with van der Waals surface area (Å²) in [6.07, 6.45) is 1.12. The number of sulfone groups is 1. The van der Waals surface area contributed by atoms with E-state index in [1.54, 1.807) is 0 Å². The largest absolute Gasteiger partial charge is 0.365 e. The highest BCUT2D eigenvalue weighted by Gasteiger charge is 2.14. The Hall–Kier alpha value is -0.590. The lowest BCUT2D eigenvalue weighted by Gasteiger charge is -1.91. The lowest BCUT2D eigenvalue weighted by Crippen LogP contribution is -2.08. The van der Waals surface area contributed by atoms with E-state index in [1.807, 2.05) is 0 Å². The zero-order valence-electron chi connectivity index (χ0n) is 7.28. The summed E-state index contributed by atoms with van der Waals surface area (Å²) in [6, 6.07) is 1.45. The monoisotopic (exact) mass is 253 g/mol. The fourth-order valence-corrected chi connectivity index (χ4v) is 3.49. The number of thiophene rings is 1. The molecular formula is C7H8ClNO3S2. The van der Waals surface area contributed by atoms with E-state index >= 15 is 0 Å². The first kappa shape index (κ1) is 11.5. The second-order valence-electron chi connectivity index (χ2n) is 2.82. The van der Waals surface area contributed by atoms with Crippen molar-refractivity contribution in [3.63, 3.8) is 0 Å². The van der Waals surface area contributed by atoms with Crippen LogP contribution in [-0.2, 0) is 15.6 Å². The fraction of sp³-hybridized carbons (Fsp3) is 0.286. The molecule has 0 radical (unpaired) electrons. The fourth-order valence-electron chi connectivity index (χ4n) is 0.914. The molecule has 0 saturated heterocycles. The van der Waals surface area contributed by atoms with Gasteiger partial charge in [-0.05, 0) is 6.07 Å². The number of hydrogen-bond acceptors (Lipinski definition) is 4. The molecule has 0 aliphatic rings. The molecule has 0 atom stereocenters. The van der Waals surface area contributed by atoms with E-state index in [4.69, 9.17) is 17.3 Å². The summed E-state index contributed by atoms with van der Waals surface area (Å²) in [5.74, 6) is -0.759. The number of hydrogen-bond donors (Lipinski definition) is 1. The van der Waals surface area contributed by atoms with E-state index in [0.717, 1.165) is 17.6 Å². The molecular weight excluding hydrogens is 246 g/mol. The van der Waals surface area contributed by atoms with Crippen LogP contribution < -0.4 is 5.73 Å². The van der Waals surface area contributed by atoms with Crippen LogP contribution in [0, 0.1) is 0 Å². The minimum atomic E-state index is -3.11. The molecule has 1 aromatic rings. The average molecular weight is 254 g/mol. The topological polar surface area (TPSA) is 77.2 Å². The smallest absolute Gasteiger partial charge is 0.260 e. The van der Waals surface area contributed by atoms with E-state index < -0.39 is 15.7 Å². The maximum Gasteiger partial charge on any atom is 0.260 e. The van der Waals surface area contributed by atoms with Crippen LogP contribution in [0.3, 0.4) is 0 Å². The summed E-state index contributed by atoms with van der Waals surface area (Å²) >= 11 is 6.69. The molecule has 1 heterocycles. The highest BCUT2D eigenvalue weighted by atomic mass is 35.5. The minimum Gasteiger partial charge on any atom is -0.365 e. The number of carbonyl (C=O) groups excluding carboxylic acids is 1. The van der Waals surface area contributed by atoms with Gasteiger partial charge in [-0.25, -0.2) is 8.42 Å². The van der Waals surface area contributed by atoms with Crippen molar-refractivity contribution in [2.24, 2.45) is 5.73 Å². The van der Waals surface area contributed by atoms with E-state index in [1.165, 1.54) is 6.07 Å². The summed E-state index contributed by atoms with van der Waals surface area (Å²) in [7, 11) is -3.11. The average Bonchev–Trinajstić information content (AvgIpc) is 2.26. The molecule has 1 rings (SSSR count). The van der Waals surface area contributed by atoms with Gasteiger partial charge in [0, 0.05) is 11.1 Å². The molecule has 0 aliphatic heterocycles. The van der Waals surface area contributed by atoms with Gasteiger partial charge in [-0.3, -0.25) is 4.79 Å². The predicted octanol–water partition coefficient (Wildman–Crippen LogP) is 1.05. The van der Waals surface area contributed by atoms with Crippen LogP contribution in [0.25, 0.3) is 0 Å². The molecule has 1 amide bonds. The maximum atomic E-state index is 10.9. The van der Waals surface area contributed by atoms with Gasteiger partial charge in [0.25, 0.3) is 5.91 Å². The normalized spacial score (nSPS) is 11.6. The molecule has 0 aliphatic carbocycles. The Balaban J connectivity index is 3.04. The van der Waals surface area contributed by atoms with E-state index in [2.05, 4.69) is 0 Å². The number of amides is 1. The molecule has 0 aromatic carbocycles. The second kappa shape index (κ2) is 3.88. The van der Waals surface area contributed by atoms with Gasteiger partial charge in [0.1, 0.15) is 4.88 Å². The van der Waals surface area contributed by atoms with Crippen LogP contribution in [-0.4, -0.2) is 20.6 Å². The first-order valence-corrected chi connectivity index (χ1v) is 6.81. The Kier molecular flexibility index (Phi) is 3.18. The molecule has 0 fully saturated rings. The number of rotatable bonds is 3. The third-order valence-corrected chi connectivity index (χ3v) is 3.94. The van der Waals surface area contributed by atoms with Gasteiger partial charge in [0.05, 0.1) is 10.8 Å².